The highest BCUT2D eigenvalue weighted by atomic mass is 16.3. The minimum Gasteiger partial charge on any atom is -0.504 e. The molecule has 2 aromatic rings. The third kappa shape index (κ3) is 3.80. The third-order valence-electron chi connectivity index (χ3n) is 2.75. The molecule has 0 fully saturated rings. The smallest absolute Gasteiger partial charge is 0.273 e. The van der Waals surface area contributed by atoms with Gasteiger partial charge in [-0.05, 0) is 29.3 Å². The maximum absolute atomic E-state index is 11.7. The molecule has 1 amide bonds. The van der Waals surface area contributed by atoms with E-state index in [9.17, 15) is 15.0 Å². The Morgan fingerprint density at radius 2 is 1.81 bits per heavy atom. The highest BCUT2D eigenvalue weighted by Crippen LogP contribution is 2.23. The predicted octanol–water partition coefficient (Wildman–Crippen LogP) is 1.28. The van der Waals surface area contributed by atoms with E-state index in [0.717, 1.165) is 0 Å². The third-order valence-corrected chi connectivity index (χ3v) is 2.75. The Kier molecular flexibility index (Phi) is 4.53. The molecule has 0 heterocycles. The molecule has 0 aliphatic carbocycles. The van der Waals surface area contributed by atoms with Crippen LogP contribution in [-0.4, -0.2) is 27.4 Å². The first-order valence-electron chi connectivity index (χ1n) is 6.16. The first-order valence-corrected chi connectivity index (χ1v) is 6.16. The van der Waals surface area contributed by atoms with Gasteiger partial charge in [0, 0.05) is 0 Å². The quantitative estimate of drug-likeness (QED) is 0.386. The molecule has 2 rings (SSSR count). The molecule has 0 unspecified atom stereocenters. The standard InChI is InChI=1S/C15H14N2O4/c18-12-7-6-10(8-13(12)19)9-16-17-15(21)14(20)11-4-2-1-3-5-11/h1-9,14,18-20H,(H,17,21)/b16-9+/t14-/m0/s1. The van der Waals surface area contributed by atoms with Crippen LogP contribution in [0.25, 0.3) is 0 Å². The number of carbonyl (C=O) groups excluding carboxylic acids is 1. The Hall–Kier alpha value is -2.86. The normalized spacial score (nSPS) is 12.2. The van der Waals surface area contributed by atoms with Crippen molar-refractivity contribution in [2.75, 3.05) is 0 Å². The van der Waals surface area contributed by atoms with Gasteiger partial charge in [-0.2, -0.15) is 5.10 Å². The molecule has 0 radical (unpaired) electrons. The molecule has 4 N–H and O–H groups in total. The lowest BCUT2D eigenvalue weighted by atomic mass is 10.1. The van der Waals surface area contributed by atoms with Gasteiger partial charge in [-0.3, -0.25) is 4.79 Å². The van der Waals surface area contributed by atoms with Crippen LogP contribution in [0.2, 0.25) is 0 Å². The van der Waals surface area contributed by atoms with Crippen molar-refractivity contribution in [3.63, 3.8) is 0 Å². The number of hydrogen-bond acceptors (Lipinski definition) is 5. The van der Waals surface area contributed by atoms with E-state index in [0.29, 0.717) is 11.1 Å². The fraction of sp³-hybridized carbons (Fsp3) is 0.0667. The number of nitrogens with one attached hydrogen (secondary N) is 1. The maximum atomic E-state index is 11.7. The van der Waals surface area contributed by atoms with E-state index in [-0.39, 0.29) is 11.5 Å². The number of aliphatic hydroxyl groups is 1. The van der Waals surface area contributed by atoms with E-state index in [4.69, 9.17) is 5.11 Å². The Labute approximate surface area is 121 Å². The molecule has 0 aromatic heterocycles. The topological polar surface area (TPSA) is 102 Å². The van der Waals surface area contributed by atoms with Crippen molar-refractivity contribution >= 4 is 12.1 Å². The highest BCUT2D eigenvalue weighted by Gasteiger charge is 2.15. The maximum Gasteiger partial charge on any atom is 0.273 e. The zero-order valence-electron chi connectivity index (χ0n) is 11.0. The van der Waals surface area contributed by atoms with Gasteiger partial charge in [0.15, 0.2) is 17.6 Å². The van der Waals surface area contributed by atoms with Crippen molar-refractivity contribution in [1.29, 1.82) is 0 Å². The summed E-state index contributed by atoms with van der Waals surface area (Å²) in [7, 11) is 0. The van der Waals surface area contributed by atoms with Crippen LogP contribution < -0.4 is 5.43 Å². The number of amides is 1. The van der Waals surface area contributed by atoms with Gasteiger partial charge in [-0.1, -0.05) is 30.3 Å². The zero-order valence-corrected chi connectivity index (χ0v) is 11.0. The van der Waals surface area contributed by atoms with Gasteiger partial charge < -0.3 is 15.3 Å². The second-order valence-corrected chi connectivity index (χ2v) is 4.30. The summed E-state index contributed by atoms with van der Waals surface area (Å²) in [6.07, 6.45) is -0.0222. The number of benzene rings is 2. The second kappa shape index (κ2) is 6.53. The second-order valence-electron chi connectivity index (χ2n) is 4.30. The summed E-state index contributed by atoms with van der Waals surface area (Å²) in [6.45, 7) is 0. The number of carbonyl (C=O) groups is 1. The lowest BCUT2D eigenvalue weighted by molar-refractivity contribution is -0.129. The minimum atomic E-state index is -1.31. The summed E-state index contributed by atoms with van der Waals surface area (Å²) in [4.78, 5) is 11.7. The Bertz CT molecular complexity index is 656. The molecule has 0 bridgehead atoms. The Morgan fingerprint density at radius 3 is 2.48 bits per heavy atom. The molecule has 1 atom stereocenters. The van der Waals surface area contributed by atoms with Gasteiger partial charge in [-0.25, -0.2) is 5.43 Å². The molecule has 6 nitrogen and oxygen atoms in total. The molecule has 108 valence electrons. The first-order chi connectivity index (χ1) is 10.1. The minimum absolute atomic E-state index is 0.240. The molecular formula is C15H14N2O4. The van der Waals surface area contributed by atoms with E-state index in [1.54, 1.807) is 30.3 Å². The summed E-state index contributed by atoms with van der Waals surface area (Å²) >= 11 is 0. The van der Waals surface area contributed by atoms with Crippen molar-refractivity contribution in [3.8, 4) is 11.5 Å². The number of hydrazone groups is 1. The zero-order chi connectivity index (χ0) is 15.2. The van der Waals surface area contributed by atoms with Crippen LogP contribution in [0.15, 0.2) is 53.6 Å². The lowest BCUT2D eigenvalue weighted by Gasteiger charge is -2.08. The van der Waals surface area contributed by atoms with Gasteiger partial charge in [0.05, 0.1) is 6.21 Å². The van der Waals surface area contributed by atoms with Crippen molar-refractivity contribution < 1.29 is 20.1 Å². The average Bonchev–Trinajstić information content (AvgIpc) is 2.51. The van der Waals surface area contributed by atoms with Gasteiger partial charge in [0.2, 0.25) is 0 Å². The molecule has 0 spiro atoms. The van der Waals surface area contributed by atoms with Crippen molar-refractivity contribution in [3.05, 3.63) is 59.7 Å². The summed E-state index contributed by atoms with van der Waals surface area (Å²) in [5.74, 6) is -1.19. The summed E-state index contributed by atoms with van der Waals surface area (Å²) in [5, 5.41) is 32.0. The van der Waals surface area contributed by atoms with Gasteiger partial charge >= 0.3 is 0 Å². The van der Waals surface area contributed by atoms with E-state index >= 15 is 0 Å². The molecule has 6 heteroatoms. The number of rotatable bonds is 4. The molecule has 0 saturated heterocycles. The van der Waals surface area contributed by atoms with Crippen LogP contribution in [0.5, 0.6) is 11.5 Å². The van der Waals surface area contributed by atoms with Crippen LogP contribution >= 0.6 is 0 Å². The van der Waals surface area contributed by atoms with Gasteiger partial charge in [-0.15, -0.1) is 0 Å². The fourth-order valence-electron chi connectivity index (χ4n) is 1.64. The van der Waals surface area contributed by atoms with Gasteiger partial charge in [0.1, 0.15) is 0 Å². The number of phenols is 2. The number of aliphatic hydroxyl groups excluding tert-OH is 1. The first kappa shape index (κ1) is 14.5. The van der Waals surface area contributed by atoms with Crippen LogP contribution in [-0.2, 0) is 4.79 Å². The summed E-state index contributed by atoms with van der Waals surface area (Å²) in [6, 6.07) is 12.6. The SMILES string of the molecule is O=C(N/N=C/c1ccc(O)c(O)c1)[C@@H](O)c1ccccc1. The lowest BCUT2D eigenvalue weighted by Crippen LogP contribution is -2.25. The predicted molar refractivity (Wildman–Crippen MR) is 76.9 cm³/mol. The molecule has 21 heavy (non-hydrogen) atoms. The van der Waals surface area contributed by atoms with Crippen molar-refractivity contribution in [2.45, 2.75) is 6.10 Å². The van der Waals surface area contributed by atoms with E-state index in [1.807, 2.05) is 0 Å². The number of nitrogens with zero attached hydrogens (tertiary/aromatic N) is 1. The van der Waals surface area contributed by atoms with E-state index in [2.05, 4.69) is 10.5 Å². The van der Waals surface area contributed by atoms with Gasteiger partial charge in [0.25, 0.3) is 5.91 Å². The molecule has 0 aliphatic rings. The van der Waals surface area contributed by atoms with Crippen molar-refractivity contribution in [2.24, 2.45) is 5.10 Å². The van der Waals surface area contributed by atoms with Crippen LogP contribution in [0, 0.1) is 0 Å². The Balaban J connectivity index is 1.97. The van der Waals surface area contributed by atoms with Crippen molar-refractivity contribution in [1.82, 2.24) is 5.43 Å². The number of hydrogen-bond donors (Lipinski definition) is 4. The van der Waals surface area contributed by atoms with E-state index < -0.39 is 12.0 Å². The molecule has 0 aliphatic heterocycles. The largest absolute Gasteiger partial charge is 0.504 e. The fourth-order valence-corrected chi connectivity index (χ4v) is 1.64. The monoisotopic (exact) mass is 286 g/mol. The van der Waals surface area contributed by atoms with Crippen LogP contribution in [0.1, 0.15) is 17.2 Å². The highest BCUT2D eigenvalue weighted by molar-refractivity contribution is 5.85. The number of phenolic OH excluding ortho intramolecular Hbond substituents is 2. The average molecular weight is 286 g/mol. The molecule has 0 saturated carbocycles. The Morgan fingerprint density at radius 1 is 1.10 bits per heavy atom. The summed E-state index contributed by atoms with van der Waals surface area (Å²) < 4.78 is 0. The van der Waals surface area contributed by atoms with Crippen LogP contribution in [0.4, 0.5) is 0 Å². The van der Waals surface area contributed by atoms with Crippen LogP contribution in [0.3, 0.4) is 0 Å². The summed E-state index contributed by atoms with van der Waals surface area (Å²) in [5.41, 5.74) is 3.15. The van der Waals surface area contributed by atoms with E-state index in [1.165, 1.54) is 24.4 Å². The number of aromatic hydroxyl groups is 2. The molecule has 2 aromatic carbocycles. The molecular weight excluding hydrogens is 272 g/mol.